The third-order valence-corrected chi connectivity index (χ3v) is 5.34. The minimum Gasteiger partial charge on any atom is -0.364 e. The minimum absolute atomic E-state index is 0.123. The molecule has 0 aliphatic carbocycles. The number of hydrogen-bond acceptors (Lipinski definition) is 8. The zero-order valence-corrected chi connectivity index (χ0v) is 15.9. The summed E-state index contributed by atoms with van der Waals surface area (Å²) >= 11 is 0. The molecule has 0 fully saturated rings. The van der Waals surface area contributed by atoms with Gasteiger partial charge in [-0.05, 0) is 54.4 Å². The molecular weight excluding hydrogens is 363 g/mol. The molecule has 9 heteroatoms. The summed E-state index contributed by atoms with van der Waals surface area (Å²) in [6.45, 7) is 3.90. The Morgan fingerprint density at radius 3 is 2.52 bits per heavy atom. The van der Waals surface area contributed by atoms with E-state index < -0.39 is 7.14 Å². The monoisotopic (exact) mass is 382 g/mol. The van der Waals surface area contributed by atoms with Crippen molar-refractivity contribution in [3.05, 3.63) is 65.5 Å². The Kier molecular flexibility index (Phi) is 5.57. The maximum atomic E-state index is 12.1. The van der Waals surface area contributed by atoms with Crippen LogP contribution in [0.25, 0.3) is 0 Å². The number of pyridine rings is 1. The van der Waals surface area contributed by atoms with E-state index in [0.29, 0.717) is 18.3 Å². The molecular formula is C18H19N6O2P. The Bertz CT molecular complexity index is 973. The first kappa shape index (κ1) is 18.7. The molecule has 8 nitrogen and oxygen atoms in total. The van der Waals surface area contributed by atoms with Gasteiger partial charge in [0.05, 0.1) is 6.20 Å². The van der Waals surface area contributed by atoms with Crippen molar-refractivity contribution in [2.24, 2.45) is 5.18 Å². The maximum absolute atomic E-state index is 12.1. The lowest BCUT2D eigenvalue weighted by Gasteiger charge is -2.11. The summed E-state index contributed by atoms with van der Waals surface area (Å²) in [4.78, 5) is 23.5. The van der Waals surface area contributed by atoms with Crippen LogP contribution in [0.5, 0.6) is 0 Å². The van der Waals surface area contributed by atoms with Gasteiger partial charge in [0.15, 0.2) is 11.5 Å². The van der Waals surface area contributed by atoms with Crippen LogP contribution in [0, 0.1) is 4.91 Å². The predicted octanol–water partition coefficient (Wildman–Crippen LogP) is 3.87. The first-order valence-electron chi connectivity index (χ1n) is 8.21. The topological polar surface area (TPSA) is 109 Å². The summed E-state index contributed by atoms with van der Waals surface area (Å²) in [6, 6.07) is 11.0. The quantitative estimate of drug-likeness (QED) is 0.471. The highest BCUT2D eigenvalue weighted by Crippen LogP contribution is 2.34. The van der Waals surface area contributed by atoms with Gasteiger partial charge < -0.3 is 15.2 Å². The van der Waals surface area contributed by atoms with Gasteiger partial charge in [-0.3, -0.25) is 4.98 Å². The van der Waals surface area contributed by atoms with Crippen molar-refractivity contribution in [1.82, 2.24) is 15.0 Å². The molecule has 2 N–H and O–H groups in total. The lowest BCUT2D eigenvalue weighted by molar-refractivity contribution is 0.588. The van der Waals surface area contributed by atoms with Crippen LogP contribution in [0.3, 0.4) is 0 Å². The van der Waals surface area contributed by atoms with Gasteiger partial charge in [0, 0.05) is 29.9 Å². The van der Waals surface area contributed by atoms with Crippen molar-refractivity contribution >= 4 is 35.6 Å². The molecule has 0 radical (unpaired) electrons. The van der Waals surface area contributed by atoms with Crippen molar-refractivity contribution in [3.8, 4) is 0 Å². The molecule has 0 bridgehead atoms. The summed E-state index contributed by atoms with van der Waals surface area (Å²) in [5.74, 6) is 0.648. The van der Waals surface area contributed by atoms with E-state index in [1.165, 1.54) is 6.20 Å². The van der Waals surface area contributed by atoms with Crippen molar-refractivity contribution in [2.75, 3.05) is 24.0 Å². The average molecular weight is 382 g/mol. The van der Waals surface area contributed by atoms with Gasteiger partial charge in [-0.1, -0.05) is 6.07 Å². The molecule has 1 aromatic carbocycles. The van der Waals surface area contributed by atoms with Crippen molar-refractivity contribution < 1.29 is 4.57 Å². The van der Waals surface area contributed by atoms with Crippen LogP contribution in [0.1, 0.15) is 5.56 Å². The van der Waals surface area contributed by atoms with Crippen molar-refractivity contribution in [1.29, 1.82) is 0 Å². The smallest absolute Gasteiger partial charge is 0.229 e. The Labute approximate surface area is 156 Å². The van der Waals surface area contributed by atoms with Gasteiger partial charge >= 0.3 is 0 Å². The van der Waals surface area contributed by atoms with Crippen molar-refractivity contribution in [3.63, 3.8) is 0 Å². The van der Waals surface area contributed by atoms with Gasteiger partial charge in [-0.15, -0.1) is 4.91 Å². The summed E-state index contributed by atoms with van der Waals surface area (Å²) in [6.07, 6.45) is 4.77. The fraction of sp³-hybridized carbons (Fsp3) is 0.167. The van der Waals surface area contributed by atoms with Crippen LogP contribution in [-0.4, -0.2) is 28.3 Å². The van der Waals surface area contributed by atoms with E-state index in [-0.39, 0.29) is 5.69 Å². The van der Waals surface area contributed by atoms with Crippen LogP contribution in [0.4, 0.5) is 23.1 Å². The molecule has 0 spiro atoms. The first-order chi connectivity index (χ1) is 13.0. The van der Waals surface area contributed by atoms with E-state index in [1.807, 2.05) is 36.4 Å². The number of hydrogen-bond donors (Lipinski definition) is 2. The summed E-state index contributed by atoms with van der Waals surface area (Å²) in [5, 5.41) is 9.90. The highest BCUT2D eigenvalue weighted by Gasteiger charge is 2.11. The van der Waals surface area contributed by atoms with E-state index in [2.05, 4.69) is 30.8 Å². The molecule has 2 heterocycles. The molecule has 0 unspecified atom stereocenters. The van der Waals surface area contributed by atoms with Gasteiger partial charge in [0.2, 0.25) is 5.95 Å². The lowest BCUT2D eigenvalue weighted by atomic mass is 10.3. The second-order valence-corrected chi connectivity index (χ2v) is 9.47. The summed E-state index contributed by atoms with van der Waals surface area (Å²) in [7, 11) is -2.30. The third-order valence-electron chi connectivity index (χ3n) is 3.80. The largest absolute Gasteiger partial charge is 0.364 e. The van der Waals surface area contributed by atoms with Gasteiger partial charge in [0.25, 0.3) is 0 Å². The van der Waals surface area contributed by atoms with Crippen LogP contribution in [0.15, 0.2) is 60.2 Å². The minimum atomic E-state index is -2.30. The Balaban J connectivity index is 1.76. The average Bonchev–Trinajstić information content (AvgIpc) is 2.67. The highest BCUT2D eigenvalue weighted by atomic mass is 31.2. The molecule has 0 aliphatic heterocycles. The van der Waals surface area contributed by atoms with Crippen LogP contribution >= 0.6 is 7.14 Å². The zero-order chi connectivity index (χ0) is 19.3. The molecule has 138 valence electrons. The zero-order valence-electron chi connectivity index (χ0n) is 15.0. The molecule has 0 amide bonds. The maximum Gasteiger partial charge on any atom is 0.229 e. The van der Waals surface area contributed by atoms with E-state index in [4.69, 9.17) is 0 Å². The SMILES string of the molecule is CP(C)(=O)c1ccc(Nc2ncc(N=O)c(NCc3cccnc3)n2)cc1. The van der Waals surface area contributed by atoms with E-state index in [9.17, 15) is 9.47 Å². The lowest BCUT2D eigenvalue weighted by Crippen LogP contribution is -2.06. The predicted molar refractivity (Wildman–Crippen MR) is 108 cm³/mol. The fourth-order valence-corrected chi connectivity index (χ4v) is 3.22. The second kappa shape index (κ2) is 8.05. The molecule has 27 heavy (non-hydrogen) atoms. The third kappa shape index (κ3) is 4.95. The van der Waals surface area contributed by atoms with Gasteiger partial charge in [-0.25, -0.2) is 4.98 Å². The van der Waals surface area contributed by atoms with E-state index >= 15 is 0 Å². The van der Waals surface area contributed by atoms with Gasteiger partial charge in [0.1, 0.15) is 7.14 Å². The Morgan fingerprint density at radius 1 is 1.11 bits per heavy atom. The number of nitroso groups, excluding NO2 is 1. The molecule has 3 rings (SSSR count). The highest BCUT2D eigenvalue weighted by molar-refractivity contribution is 7.70. The first-order valence-corrected chi connectivity index (χ1v) is 10.8. The number of nitrogens with zero attached hydrogens (tertiary/aromatic N) is 4. The molecule has 0 saturated carbocycles. The standard InChI is InChI=1S/C18H19N6O2P/c1-27(2,26)15-7-5-14(6-8-15)22-18-21-12-16(24-25)17(23-18)20-11-13-4-3-9-19-10-13/h3-10,12H,11H2,1-2H3,(H2,20,21,22,23). The molecule has 0 atom stereocenters. The summed E-state index contributed by atoms with van der Waals surface area (Å²) < 4.78 is 12.1. The molecule has 0 saturated heterocycles. The molecule has 0 aliphatic rings. The van der Waals surface area contributed by atoms with Gasteiger partial charge in [-0.2, -0.15) is 4.98 Å². The van der Waals surface area contributed by atoms with E-state index in [1.54, 1.807) is 25.7 Å². The normalized spacial score (nSPS) is 11.0. The number of nitrogens with one attached hydrogen (secondary N) is 2. The molecule has 3 aromatic rings. The van der Waals surface area contributed by atoms with Crippen LogP contribution < -0.4 is 15.9 Å². The van der Waals surface area contributed by atoms with Crippen LogP contribution in [0.2, 0.25) is 0 Å². The second-order valence-electron chi connectivity index (χ2n) is 6.26. The number of benzene rings is 1. The molecule has 2 aromatic heterocycles. The fourth-order valence-electron chi connectivity index (χ4n) is 2.35. The summed E-state index contributed by atoms with van der Waals surface area (Å²) in [5.41, 5.74) is 1.82. The Hall–Kier alpha value is -3.12. The Morgan fingerprint density at radius 2 is 1.89 bits per heavy atom. The van der Waals surface area contributed by atoms with E-state index in [0.717, 1.165) is 16.6 Å². The van der Waals surface area contributed by atoms with Crippen molar-refractivity contribution in [2.45, 2.75) is 6.54 Å². The van der Waals surface area contributed by atoms with Crippen LogP contribution in [-0.2, 0) is 11.1 Å². The number of anilines is 3. The number of rotatable bonds is 7. The number of aromatic nitrogens is 3.